The zero-order valence-corrected chi connectivity index (χ0v) is 13.0. The molecule has 2 rings (SSSR count). The zero-order chi connectivity index (χ0) is 15.8. The SMILES string of the molecule is Cc1cc(F)ccc1[C@@H]1CN(C(=O)O)C[C@H]1NC(C)(C)C. The normalized spacial score (nSPS) is 22.6. The number of rotatable bonds is 2. The van der Waals surface area contributed by atoms with Gasteiger partial charge in [-0.15, -0.1) is 0 Å². The van der Waals surface area contributed by atoms with Crippen molar-refractivity contribution in [1.82, 2.24) is 10.2 Å². The molecular formula is C16H23FN2O2. The third-order valence-corrected chi connectivity index (χ3v) is 3.84. The van der Waals surface area contributed by atoms with Gasteiger partial charge in [-0.1, -0.05) is 6.07 Å². The van der Waals surface area contributed by atoms with Crippen molar-refractivity contribution < 1.29 is 14.3 Å². The Balaban J connectivity index is 2.30. The number of nitrogens with one attached hydrogen (secondary N) is 1. The van der Waals surface area contributed by atoms with Crippen LogP contribution in [0.25, 0.3) is 0 Å². The van der Waals surface area contributed by atoms with Crippen LogP contribution in [-0.4, -0.2) is 40.8 Å². The summed E-state index contributed by atoms with van der Waals surface area (Å²) in [6, 6.07) is 4.76. The maximum absolute atomic E-state index is 13.3. The lowest BCUT2D eigenvalue weighted by molar-refractivity contribution is 0.153. The quantitative estimate of drug-likeness (QED) is 0.881. The van der Waals surface area contributed by atoms with Gasteiger partial charge in [0, 0.05) is 30.6 Å². The second kappa shape index (κ2) is 5.64. The first kappa shape index (κ1) is 15.8. The Hall–Kier alpha value is -1.62. The van der Waals surface area contributed by atoms with Gasteiger partial charge < -0.3 is 15.3 Å². The number of halogens is 1. The largest absolute Gasteiger partial charge is 0.465 e. The molecule has 0 aliphatic carbocycles. The number of hydrogen-bond acceptors (Lipinski definition) is 2. The van der Waals surface area contributed by atoms with Crippen LogP contribution in [-0.2, 0) is 0 Å². The molecular weight excluding hydrogens is 271 g/mol. The summed E-state index contributed by atoms with van der Waals surface area (Å²) in [5.74, 6) is -0.217. The summed E-state index contributed by atoms with van der Waals surface area (Å²) in [5.41, 5.74) is 1.78. The first-order chi connectivity index (χ1) is 9.67. The summed E-state index contributed by atoms with van der Waals surface area (Å²) in [6.45, 7) is 8.95. The van der Waals surface area contributed by atoms with Gasteiger partial charge in [0.25, 0.3) is 0 Å². The van der Waals surface area contributed by atoms with Crippen molar-refractivity contribution in [3.63, 3.8) is 0 Å². The molecule has 0 spiro atoms. The van der Waals surface area contributed by atoms with E-state index in [1.54, 1.807) is 6.07 Å². The molecule has 1 aromatic rings. The van der Waals surface area contributed by atoms with Crippen molar-refractivity contribution in [2.24, 2.45) is 0 Å². The van der Waals surface area contributed by atoms with Gasteiger partial charge >= 0.3 is 6.09 Å². The number of benzene rings is 1. The maximum atomic E-state index is 13.3. The Kier molecular flexibility index (Phi) is 4.23. The van der Waals surface area contributed by atoms with Crippen LogP contribution in [0.4, 0.5) is 9.18 Å². The smallest absolute Gasteiger partial charge is 0.407 e. The molecule has 1 aliphatic heterocycles. The summed E-state index contributed by atoms with van der Waals surface area (Å²) in [5, 5.41) is 12.7. The molecule has 0 unspecified atom stereocenters. The van der Waals surface area contributed by atoms with Crippen LogP contribution < -0.4 is 5.32 Å². The van der Waals surface area contributed by atoms with E-state index in [0.717, 1.165) is 11.1 Å². The van der Waals surface area contributed by atoms with Crippen molar-refractivity contribution in [3.05, 3.63) is 35.1 Å². The topological polar surface area (TPSA) is 52.6 Å². The number of aryl methyl sites for hydroxylation is 1. The zero-order valence-electron chi connectivity index (χ0n) is 13.0. The highest BCUT2D eigenvalue weighted by Crippen LogP contribution is 2.31. The van der Waals surface area contributed by atoms with Crippen LogP contribution in [0.1, 0.15) is 37.8 Å². The Morgan fingerprint density at radius 3 is 2.57 bits per heavy atom. The summed E-state index contributed by atoms with van der Waals surface area (Å²) < 4.78 is 13.3. The van der Waals surface area contributed by atoms with Gasteiger partial charge in [-0.3, -0.25) is 0 Å². The molecule has 21 heavy (non-hydrogen) atoms. The Morgan fingerprint density at radius 2 is 2.05 bits per heavy atom. The van der Waals surface area contributed by atoms with Gasteiger partial charge in [-0.05, 0) is 51.0 Å². The van der Waals surface area contributed by atoms with Gasteiger partial charge in [0.2, 0.25) is 0 Å². The standard InChI is InChI=1S/C16H23FN2O2/c1-10-7-11(17)5-6-12(10)13-8-19(15(20)21)9-14(13)18-16(2,3)4/h5-7,13-14,18H,8-9H2,1-4H3,(H,20,21)/t13-,14+/m0/s1. The summed E-state index contributed by atoms with van der Waals surface area (Å²) >= 11 is 0. The van der Waals surface area contributed by atoms with Crippen LogP contribution in [0.15, 0.2) is 18.2 Å². The molecule has 1 aromatic carbocycles. The fraction of sp³-hybridized carbons (Fsp3) is 0.562. The molecule has 0 aromatic heterocycles. The van der Waals surface area contributed by atoms with E-state index in [2.05, 4.69) is 26.1 Å². The number of nitrogens with zero attached hydrogens (tertiary/aromatic N) is 1. The lowest BCUT2D eigenvalue weighted by atomic mass is 9.89. The van der Waals surface area contributed by atoms with E-state index < -0.39 is 6.09 Å². The number of hydrogen-bond donors (Lipinski definition) is 2. The van der Waals surface area contributed by atoms with Crippen molar-refractivity contribution in [3.8, 4) is 0 Å². The fourth-order valence-electron chi connectivity index (χ4n) is 3.03. The third kappa shape index (κ3) is 3.73. The molecule has 1 saturated heterocycles. The molecule has 1 fully saturated rings. The predicted octanol–water partition coefficient (Wildman–Crippen LogP) is 2.97. The van der Waals surface area contributed by atoms with E-state index in [4.69, 9.17) is 0 Å². The van der Waals surface area contributed by atoms with E-state index in [-0.39, 0.29) is 23.3 Å². The van der Waals surface area contributed by atoms with Gasteiger partial charge in [-0.25, -0.2) is 9.18 Å². The Morgan fingerprint density at radius 1 is 1.38 bits per heavy atom. The molecule has 1 amide bonds. The van der Waals surface area contributed by atoms with Crippen molar-refractivity contribution >= 4 is 6.09 Å². The van der Waals surface area contributed by atoms with Crippen molar-refractivity contribution in [2.75, 3.05) is 13.1 Å². The van der Waals surface area contributed by atoms with Gasteiger partial charge in [-0.2, -0.15) is 0 Å². The molecule has 0 radical (unpaired) electrons. The van der Waals surface area contributed by atoms with E-state index in [0.29, 0.717) is 13.1 Å². The first-order valence-electron chi connectivity index (χ1n) is 7.19. The van der Waals surface area contributed by atoms with Crippen LogP contribution in [0.5, 0.6) is 0 Å². The molecule has 5 heteroatoms. The highest BCUT2D eigenvalue weighted by molar-refractivity contribution is 5.66. The summed E-state index contributed by atoms with van der Waals surface area (Å²) in [6.07, 6.45) is -0.905. The number of amides is 1. The number of likely N-dealkylation sites (tertiary alicyclic amines) is 1. The van der Waals surface area contributed by atoms with E-state index in [9.17, 15) is 14.3 Å². The van der Waals surface area contributed by atoms with Gasteiger partial charge in [0.05, 0.1) is 0 Å². The highest BCUT2D eigenvalue weighted by Gasteiger charge is 2.38. The monoisotopic (exact) mass is 294 g/mol. The minimum atomic E-state index is -0.905. The Labute approximate surface area is 125 Å². The average molecular weight is 294 g/mol. The van der Waals surface area contributed by atoms with Crippen LogP contribution in [0.3, 0.4) is 0 Å². The molecule has 2 N–H and O–H groups in total. The van der Waals surface area contributed by atoms with E-state index in [1.165, 1.54) is 17.0 Å². The lowest BCUT2D eigenvalue weighted by Crippen LogP contribution is -2.47. The van der Waals surface area contributed by atoms with Crippen molar-refractivity contribution in [1.29, 1.82) is 0 Å². The number of carboxylic acid groups (broad SMARTS) is 1. The van der Waals surface area contributed by atoms with E-state index >= 15 is 0 Å². The molecule has 0 bridgehead atoms. The fourth-order valence-corrected chi connectivity index (χ4v) is 3.03. The summed E-state index contributed by atoms with van der Waals surface area (Å²) in [4.78, 5) is 12.7. The minimum Gasteiger partial charge on any atom is -0.465 e. The van der Waals surface area contributed by atoms with Crippen LogP contribution >= 0.6 is 0 Å². The molecule has 1 aliphatic rings. The average Bonchev–Trinajstić information content (AvgIpc) is 2.70. The molecule has 116 valence electrons. The van der Waals surface area contributed by atoms with Gasteiger partial charge in [0.1, 0.15) is 5.82 Å². The second-order valence-electron chi connectivity index (χ2n) is 6.80. The molecule has 4 nitrogen and oxygen atoms in total. The minimum absolute atomic E-state index is 0.0326. The van der Waals surface area contributed by atoms with Crippen molar-refractivity contribution in [2.45, 2.75) is 45.2 Å². The maximum Gasteiger partial charge on any atom is 0.407 e. The third-order valence-electron chi connectivity index (χ3n) is 3.84. The van der Waals surface area contributed by atoms with Crippen LogP contribution in [0.2, 0.25) is 0 Å². The lowest BCUT2D eigenvalue weighted by Gasteiger charge is -2.29. The number of carbonyl (C=O) groups is 1. The van der Waals surface area contributed by atoms with Gasteiger partial charge in [0.15, 0.2) is 0 Å². The predicted molar refractivity (Wildman–Crippen MR) is 80.2 cm³/mol. The summed E-state index contributed by atoms with van der Waals surface area (Å²) in [7, 11) is 0. The molecule has 0 saturated carbocycles. The molecule has 2 atom stereocenters. The first-order valence-corrected chi connectivity index (χ1v) is 7.19. The van der Waals surface area contributed by atoms with E-state index in [1.807, 2.05) is 6.92 Å². The molecule has 1 heterocycles. The highest BCUT2D eigenvalue weighted by atomic mass is 19.1. The second-order valence-corrected chi connectivity index (χ2v) is 6.80. The Bertz CT molecular complexity index is 540. The van der Waals surface area contributed by atoms with Crippen LogP contribution in [0, 0.1) is 12.7 Å².